The van der Waals surface area contributed by atoms with Crippen LogP contribution in [0, 0.1) is 0 Å². The van der Waals surface area contributed by atoms with Crippen molar-refractivity contribution in [2.45, 2.75) is 19.4 Å². The van der Waals surface area contributed by atoms with E-state index in [4.69, 9.17) is 4.74 Å². The van der Waals surface area contributed by atoms with Gasteiger partial charge >= 0.3 is 0 Å². The molecule has 0 aliphatic carbocycles. The van der Waals surface area contributed by atoms with Crippen molar-refractivity contribution in [2.75, 3.05) is 20.3 Å². The number of hydrogen-bond donors (Lipinski definition) is 1. The molecule has 0 heterocycles. The smallest absolute Gasteiger partial charge is 0.0616 e. The molecule has 0 fully saturated rings. The molecule has 2 nitrogen and oxygen atoms in total. The Kier molecular flexibility index (Phi) is 5.27. The predicted molar refractivity (Wildman–Crippen MR) is 59.5 cm³/mol. The molecule has 0 aliphatic heterocycles. The Morgan fingerprint density at radius 3 is 2.64 bits per heavy atom. The molecule has 0 bridgehead atoms. The van der Waals surface area contributed by atoms with Gasteiger partial charge in [-0.2, -0.15) is 0 Å². The zero-order valence-electron chi connectivity index (χ0n) is 8.99. The first-order chi connectivity index (χ1) is 6.83. The minimum Gasteiger partial charge on any atom is -0.380 e. The summed E-state index contributed by atoms with van der Waals surface area (Å²) in [6.45, 7) is 3.70. The van der Waals surface area contributed by atoms with Gasteiger partial charge in [-0.05, 0) is 26.0 Å². The third-order valence-electron chi connectivity index (χ3n) is 2.24. The van der Waals surface area contributed by atoms with E-state index in [-0.39, 0.29) is 0 Å². The first-order valence-corrected chi connectivity index (χ1v) is 5.12. The Morgan fingerprint density at radius 1 is 1.29 bits per heavy atom. The molecular weight excluding hydrogens is 174 g/mol. The molecule has 1 rings (SSSR count). The van der Waals surface area contributed by atoms with Gasteiger partial charge in [0.2, 0.25) is 0 Å². The Balaban J connectivity index is 2.10. The lowest BCUT2D eigenvalue weighted by atomic mass is 10.2. The summed E-state index contributed by atoms with van der Waals surface area (Å²) in [5.74, 6) is 0. The van der Waals surface area contributed by atoms with Crippen molar-refractivity contribution >= 4 is 0 Å². The van der Waals surface area contributed by atoms with E-state index in [1.165, 1.54) is 5.56 Å². The van der Waals surface area contributed by atoms with Gasteiger partial charge in [-0.25, -0.2) is 0 Å². The molecule has 1 unspecified atom stereocenters. The molecule has 0 saturated heterocycles. The SMILES string of the molecule is CNC(C)COCCc1ccccc1. The van der Waals surface area contributed by atoms with Crippen LogP contribution in [0.25, 0.3) is 0 Å². The van der Waals surface area contributed by atoms with E-state index in [2.05, 4.69) is 36.5 Å². The van der Waals surface area contributed by atoms with Crippen molar-refractivity contribution in [1.29, 1.82) is 0 Å². The minimum atomic E-state index is 0.436. The molecule has 1 atom stereocenters. The van der Waals surface area contributed by atoms with Gasteiger partial charge in [0.25, 0.3) is 0 Å². The van der Waals surface area contributed by atoms with Crippen molar-refractivity contribution in [3.63, 3.8) is 0 Å². The average Bonchev–Trinajstić information content (AvgIpc) is 2.25. The third-order valence-corrected chi connectivity index (χ3v) is 2.24. The van der Waals surface area contributed by atoms with Crippen LogP contribution in [-0.2, 0) is 11.2 Å². The summed E-state index contributed by atoms with van der Waals surface area (Å²) < 4.78 is 5.53. The first kappa shape index (κ1) is 11.2. The lowest BCUT2D eigenvalue weighted by Crippen LogP contribution is -2.27. The maximum atomic E-state index is 5.53. The van der Waals surface area contributed by atoms with E-state index in [9.17, 15) is 0 Å². The Hall–Kier alpha value is -0.860. The summed E-state index contributed by atoms with van der Waals surface area (Å²) in [7, 11) is 1.95. The first-order valence-electron chi connectivity index (χ1n) is 5.12. The zero-order chi connectivity index (χ0) is 10.2. The van der Waals surface area contributed by atoms with E-state index in [0.29, 0.717) is 6.04 Å². The molecule has 78 valence electrons. The summed E-state index contributed by atoms with van der Waals surface area (Å²) in [5, 5.41) is 3.14. The van der Waals surface area contributed by atoms with E-state index < -0.39 is 0 Å². The largest absolute Gasteiger partial charge is 0.380 e. The van der Waals surface area contributed by atoms with Crippen molar-refractivity contribution in [3.8, 4) is 0 Å². The topological polar surface area (TPSA) is 21.3 Å². The highest BCUT2D eigenvalue weighted by Gasteiger charge is 1.97. The van der Waals surface area contributed by atoms with Gasteiger partial charge in [0.05, 0.1) is 13.2 Å². The fourth-order valence-electron chi connectivity index (χ4n) is 1.18. The van der Waals surface area contributed by atoms with Crippen molar-refractivity contribution in [1.82, 2.24) is 5.32 Å². The molecule has 14 heavy (non-hydrogen) atoms. The van der Waals surface area contributed by atoms with E-state index in [1.54, 1.807) is 0 Å². The summed E-state index contributed by atoms with van der Waals surface area (Å²) in [4.78, 5) is 0. The average molecular weight is 193 g/mol. The van der Waals surface area contributed by atoms with E-state index in [0.717, 1.165) is 19.6 Å². The monoisotopic (exact) mass is 193 g/mol. The maximum absolute atomic E-state index is 5.53. The lowest BCUT2D eigenvalue weighted by molar-refractivity contribution is 0.120. The molecule has 0 amide bonds. The number of benzene rings is 1. The van der Waals surface area contributed by atoms with Crippen molar-refractivity contribution in [2.24, 2.45) is 0 Å². The zero-order valence-corrected chi connectivity index (χ0v) is 8.99. The standard InChI is InChI=1S/C12H19NO/c1-11(13-2)10-14-9-8-12-6-4-3-5-7-12/h3-7,11,13H,8-10H2,1-2H3. The quantitative estimate of drug-likeness (QED) is 0.696. The van der Waals surface area contributed by atoms with Gasteiger partial charge in [-0.15, -0.1) is 0 Å². The second-order valence-electron chi connectivity index (χ2n) is 3.50. The fourth-order valence-corrected chi connectivity index (χ4v) is 1.18. The Labute approximate surface area is 86.3 Å². The second-order valence-corrected chi connectivity index (χ2v) is 3.50. The number of hydrogen-bond acceptors (Lipinski definition) is 2. The van der Waals surface area contributed by atoms with Gasteiger partial charge in [0.15, 0.2) is 0 Å². The molecule has 1 aromatic carbocycles. The predicted octanol–water partition coefficient (Wildman–Crippen LogP) is 1.85. The van der Waals surface area contributed by atoms with Crippen molar-refractivity contribution < 1.29 is 4.74 Å². The van der Waals surface area contributed by atoms with Crippen LogP contribution in [-0.4, -0.2) is 26.3 Å². The van der Waals surface area contributed by atoms with Crippen LogP contribution >= 0.6 is 0 Å². The van der Waals surface area contributed by atoms with Gasteiger partial charge in [-0.3, -0.25) is 0 Å². The van der Waals surface area contributed by atoms with Crippen LogP contribution in [0.5, 0.6) is 0 Å². The minimum absolute atomic E-state index is 0.436. The molecule has 2 heteroatoms. The summed E-state index contributed by atoms with van der Waals surface area (Å²) in [6, 6.07) is 10.9. The number of nitrogens with one attached hydrogen (secondary N) is 1. The highest BCUT2D eigenvalue weighted by atomic mass is 16.5. The van der Waals surface area contributed by atoms with Gasteiger partial charge in [0, 0.05) is 6.04 Å². The Bertz CT molecular complexity index is 235. The molecule has 1 N–H and O–H groups in total. The highest BCUT2D eigenvalue weighted by molar-refractivity contribution is 5.14. The van der Waals surface area contributed by atoms with E-state index >= 15 is 0 Å². The summed E-state index contributed by atoms with van der Waals surface area (Å²) >= 11 is 0. The molecule has 0 aliphatic rings. The maximum Gasteiger partial charge on any atom is 0.0616 e. The fraction of sp³-hybridized carbons (Fsp3) is 0.500. The van der Waals surface area contributed by atoms with Gasteiger partial charge in [0.1, 0.15) is 0 Å². The Morgan fingerprint density at radius 2 is 2.00 bits per heavy atom. The lowest BCUT2D eigenvalue weighted by Gasteiger charge is -2.10. The van der Waals surface area contributed by atoms with Crippen LogP contribution in [0.2, 0.25) is 0 Å². The molecular formula is C12H19NO. The van der Waals surface area contributed by atoms with Crippen LogP contribution in [0.1, 0.15) is 12.5 Å². The van der Waals surface area contributed by atoms with Crippen LogP contribution in [0.4, 0.5) is 0 Å². The third kappa shape index (κ3) is 4.40. The highest BCUT2D eigenvalue weighted by Crippen LogP contribution is 1.99. The summed E-state index contributed by atoms with van der Waals surface area (Å²) in [5.41, 5.74) is 1.34. The molecule has 0 radical (unpaired) electrons. The molecule has 0 aromatic heterocycles. The normalized spacial score (nSPS) is 12.7. The van der Waals surface area contributed by atoms with Gasteiger partial charge < -0.3 is 10.1 Å². The number of ether oxygens (including phenoxy) is 1. The number of likely N-dealkylation sites (N-methyl/N-ethyl adjacent to an activating group) is 1. The van der Waals surface area contributed by atoms with Crippen LogP contribution in [0.3, 0.4) is 0 Å². The second kappa shape index (κ2) is 6.57. The van der Waals surface area contributed by atoms with Crippen LogP contribution < -0.4 is 5.32 Å². The van der Waals surface area contributed by atoms with Crippen molar-refractivity contribution in [3.05, 3.63) is 35.9 Å². The van der Waals surface area contributed by atoms with Crippen LogP contribution in [0.15, 0.2) is 30.3 Å². The number of rotatable bonds is 6. The van der Waals surface area contributed by atoms with Gasteiger partial charge in [-0.1, -0.05) is 30.3 Å². The molecule has 0 saturated carbocycles. The molecule has 1 aromatic rings. The van der Waals surface area contributed by atoms with E-state index in [1.807, 2.05) is 13.1 Å². The molecule has 0 spiro atoms. The summed E-state index contributed by atoms with van der Waals surface area (Å²) in [6.07, 6.45) is 0.997.